The third-order valence-corrected chi connectivity index (χ3v) is 5.74. The van der Waals surface area contributed by atoms with Crippen LogP contribution in [0.3, 0.4) is 0 Å². The van der Waals surface area contributed by atoms with Crippen molar-refractivity contribution in [1.29, 1.82) is 0 Å². The summed E-state index contributed by atoms with van der Waals surface area (Å²) in [4.78, 5) is 0.0251. The number of nitrogens with zero attached hydrogens (tertiary/aromatic N) is 1. The maximum Gasteiger partial charge on any atom is 0.243 e. The summed E-state index contributed by atoms with van der Waals surface area (Å²) in [5, 5.41) is 0. The molecule has 0 unspecified atom stereocenters. The smallest absolute Gasteiger partial charge is 0.243 e. The number of sulfonamides is 1. The van der Waals surface area contributed by atoms with Crippen LogP contribution < -0.4 is 0 Å². The fourth-order valence-electron chi connectivity index (χ4n) is 2.45. The second-order valence-corrected chi connectivity index (χ2v) is 8.18. The van der Waals surface area contributed by atoms with E-state index in [1.54, 1.807) is 6.92 Å². The van der Waals surface area contributed by atoms with Gasteiger partial charge in [0, 0.05) is 19.7 Å². The lowest BCUT2D eigenvalue weighted by Crippen LogP contribution is -2.41. The van der Waals surface area contributed by atoms with Crippen LogP contribution in [0.4, 0.5) is 4.39 Å². The zero-order chi connectivity index (χ0) is 16.3. The Morgan fingerprint density at radius 3 is 2.50 bits per heavy atom. The van der Waals surface area contributed by atoms with Crippen LogP contribution in [-0.4, -0.2) is 38.5 Å². The first-order valence-electron chi connectivity index (χ1n) is 7.68. The molecule has 0 N–H and O–H groups in total. The summed E-state index contributed by atoms with van der Waals surface area (Å²) in [6, 6.07) is 4.07. The summed E-state index contributed by atoms with van der Waals surface area (Å²) in [7, 11) is -3.62. The summed E-state index contributed by atoms with van der Waals surface area (Å²) >= 11 is 0. The molecule has 1 aliphatic rings. The van der Waals surface area contributed by atoms with Gasteiger partial charge in [-0.05, 0) is 43.4 Å². The molecule has 0 spiro atoms. The van der Waals surface area contributed by atoms with E-state index in [0.29, 0.717) is 44.0 Å². The van der Waals surface area contributed by atoms with Crippen molar-refractivity contribution in [3.05, 3.63) is 29.6 Å². The third-order valence-electron chi connectivity index (χ3n) is 3.85. The molecular weight excluding hydrogens is 305 g/mol. The number of hydrogen-bond donors (Lipinski definition) is 0. The van der Waals surface area contributed by atoms with Gasteiger partial charge < -0.3 is 4.74 Å². The Morgan fingerprint density at radius 1 is 1.32 bits per heavy atom. The molecule has 0 aromatic heterocycles. The molecular formula is C16H24FNO3S. The third kappa shape index (κ3) is 4.06. The van der Waals surface area contributed by atoms with Gasteiger partial charge in [-0.1, -0.05) is 19.9 Å². The van der Waals surface area contributed by atoms with Crippen LogP contribution >= 0.6 is 0 Å². The number of rotatable bonds is 5. The molecule has 1 aliphatic heterocycles. The van der Waals surface area contributed by atoms with Gasteiger partial charge in [-0.3, -0.25) is 0 Å². The van der Waals surface area contributed by atoms with Gasteiger partial charge in [-0.15, -0.1) is 0 Å². The molecule has 0 radical (unpaired) electrons. The fraction of sp³-hybridized carbons (Fsp3) is 0.625. The largest absolute Gasteiger partial charge is 0.378 e. The van der Waals surface area contributed by atoms with Crippen molar-refractivity contribution in [1.82, 2.24) is 4.31 Å². The van der Waals surface area contributed by atoms with E-state index in [9.17, 15) is 12.8 Å². The first-order valence-corrected chi connectivity index (χ1v) is 9.12. The highest BCUT2D eigenvalue weighted by Gasteiger charge is 2.30. The van der Waals surface area contributed by atoms with Gasteiger partial charge >= 0.3 is 0 Å². The zero-order valence-corrected chi connectivity index (χ0v) is 14.2. The van der Waals surface area contributed by atoms with E-state index in [-0.39, 0.29) is 11.0 Å². The van der Waals surface area contributed by atoms with Crippen molar-refractivity contribution in [2.45, 2.75) is 44.6 Å². The van der Waals surface area contributed by atoms with Crippen LogP contribution in [0.5, 0.6) is 0 Å². The molecule has 1 saturated heterocycles. The zero-order valence-electron chi connectivity index (χ0n) is 13.4. The van der Waals surface area contributed by atoms with E-state index in [1.807, 2.05) is 0 Å². The summed E-state index contributed by atoms with van der Waals surface area (Å²) in [5.41, 5.74) is 0.444. The predicted molar refractivity (Wildman–Crippen MR) is 83.7 cm³/mol. The van der Waals surface area contributed by atoms with Crippen molar-refractivity contribution in [3.63, 3.8) is 0 Å². The van der Waals surface area contributed by atoms with Gasteiger partial charge in [0.2, 0.25) is 10.0 Å². The quantitative estimate of drug-likeness (QED) is 0.834. The summed E-state index contributed by atoms with van der Waals surface area (Å²) in [6.07, 6.45) is 1.48. The molecule has 1 fully saturated rings. The molecule has 22 heavy (non-hydrogen) atoms. The standard InChI is InChI=1S/C16H24FNO3S/c1-12(2)11-21-14-6-8-18(9-7-14)22(19,20)15-5-4-13(3)16(17)10-15/h4-5,10,12,14H,6-9,11H2,1-3H3. The van der Waals surface area contributed by atoms with Crippen LogP contribution in [0, 0.1) is 18.7 Å². The van der Waals surface area contributed by atoms with E-state index >= 15 is 0 Å². The number of aryl methyl sites for hydroxylation is 1. The van der Waals surface area contributed by atoms with Crippen molar-refractivity contribution >= 4 is 10.0 Å². The molecule has 1 aromatic carbocycles. The highest BCUT2D eigenvalue weighted by molar-refractivity contribution is 7.89. The van der Waals surface area contributed by atoms with Gasteiger partial charge in [0.1, 0.15) is 5.82 Å². The van der Waals surface area contributed by atoms with E-state index in [0.717, 1.165) is 6.07 Å². The van der Waals surface area contributed by atoms with Gasteiger partial charge in [-0.25, -0.2) is 12.8 Å². The Kier molecular flexibility index (Phi) is 5.58. The second-order valence-electron chi connectivity index (χ2n) is 6.24. The first kappa shape index (κ1) is 17.4. The number of piperidine rings is 1. The van der Waals surface area contributed by atoms with E-state index in [2.05, 4.69) is 13.8 Å². The minimum absolute atomic E-state index is 0.0251. The summed E-state index contributed by atoms with van der Waals surface area (Å²) < 4.78 is 45.9. The number of hydrogen-bond acceptors (Lipinski definition) is 3. The monoisotopic (exact) mass is 329 g/mol. The predicted octanol–water partition coefficient (Wildman–Crippen LogP) is 2.96. The van der Waals surface area contributed by atoms with Gasteiger partial charge in [0.25, 0.3) is 0 Å². The normalized spacial score (nSPS) is 18.0. The highest BCUT2D eigenvalue weighted by atomic mass is 32.2. The van der Waals surface area contributed by atoms with E-state index < -0.39 is 15.8 Å². The molecule has 0 bridgehead atoms. The van der Waals surface area contributed by atoms with Crippen LogP contribution in [0.1, 0.15) is 32.3 Å². The van der Waals surface area contributed by atoms with Crippen LogP contribution in [0.25, 0.3) is 0 Å². The van der Waals surface area contributed by atoms with Crippen molar-refractivity contribution in [3.8, 4) is 0 Å². The lowest BCUT2D eigenvalue weighted by atomic mass is 10.1. The Labute approximate surface area is 132 Å². The fourth-order valence-corrected chi connectivity index (χ4v) is 3.93. The topological polar surface area (TPSA) is 46.6 Å². The lowest BCUT2D eigenvalue weighted by molar-refractivity contribution is 0.00748. The molecule has 1 heterocycles. The van der Waals surface area contributed by atoms with Gasteiger partial charge in [-0.2, -0.15) is 4.31 Å². The molecule has 0 amide bonds. The Bertz CT molecular complexity index is 608. The number of benzene rings is 1. The van der Waals surface area contributed by atoms with Crippen LogP contribution in [0.2, 0.25) is 0 Å². The van der Waals surface area contributed by atoms with E-state index in [1.165, 1.54) is 16.4 Å². The molecule has 1 aromatic rings. The molecule has 0 saturated carbocycles. The summed E-state index contributed by atoms with van der Waals surface area (Å²) in [6.45, 7) is 7.32. The Hall–Kier alpha value is -0.980. The summed E-state index contributed by atoms with van der Waals surface area (Å²) in [5.74, 6) is -0.0199. The van der Waals surface area contributed by atoms with Crippen molar-refractivity contribution in [2.24, 2.45) is 5.92 Å². The number of ether oxygens (including phenoxy) is 1. The average Bonchev–Trinajstić information content (AvgIpc) is 2.48. The van der Waals surface area contributed by atoms with Gasteiger partial charge in [0.05, 0.1) is 11.0 Å². The molecule has 6 heteroatoms. The first-order chi connectivity index (χ1) is 10.3. The minimum Gasteiger partial charge on any atom is -0.378 e. The molecule has 4 nitrogen and oxygen atoms in total. The Morgan fingerprint density at radius 2 is 1.95 bits per heavy atom. The molecule has 0 atom stereocenters. The maximum absolute atomic E-state index is 13.6. The maximum atomic E-state index is 13.6. The minimum atomic E-state index is -3.62. The molecule has 0 aliphatic carbocycles. The van der Waals surface area contributed by atoms with E-state index in [4.69, 9.17) is 4.74 Å². The van der Waals surface area contributed by atoms with Gasteiger partial charge in [0.15, 0.2) is 0 Å². The van der Waals surface area contributed by atoms with Crippen LogP contribution in [-0.2, 0) is 14.8 Å². The van der Waals surface area contributed by atoms with Crippen molar-refractivity contribution < 1.29 is 17.5 Å². The van der Waals surface area contributed by atoms with Crippen molar-refractivity contribution in [2.75, 3.05) is 19.7 Å². The highest BCUT2D eigenvalue weighted by Crippen LogP contribution is 2.23. The number of halogens is 1. The molecule has 2 rings (SSSR count). The lowest BCUT2D eigenvalue weighted by Gasteiger charge is -2.31. The average molecular weight is 329 g/mol. The SMILES string of the molecule is Cc1ccc(S(=O)(=O)N2CCC(OCC(C)C)CC2)cc1F. The second kappa shape index (κ2) is 7.06. The molecule has 124 valence electrons. The van der Waals surface area contributed by atoms with Crippen LogP contribution in [0.15, 0.2) is 23.1 Å². The Balaban J connectivity index is 2.01.